The van der Waals surface area contributed by atoms with E-state index in [1.165, 1.54) is 6.92 Å². The minimum absolute atomic E-state index is 0.0219. The predicted molar refractivity (Wildman–Crippen MR) is 69.6 cm³/mol. The van der Waals surface area contributed by atoms with Crippen molar-refractivity contribution in [2.45, 2.75) is 42.8 Å². The van der Waals surface area contributed by atoms with Crippen LogP contribution in [-0.4, -0.2) is 57.3 Å². The largest absolute Gasteiger partial charge is 0.380 e. The second-order valence-corrected chi connectivity index (χ2v) is 7.65. The summed E-state index contributed by atoms with van der Waals surface area (Å²) in [6.45, 7) is 3.20. The molecular weight excluding hydrogens is 270 g/mol. The topological polar surface area (TPSA) is 81.7 Å². The van der Waals surface area contributed by atoms with E-state index in [9.17, 15) is 13.2 Å². The van der Waals surface area contributed by atoms with Crippen LogP contribution in [0.1, 0.15) is 26.2 Å². The highest BCUT2D eigenvalue weighted by atomic mass is 32.2. The van der Waals surface area contributed by atoms with Gasteiger partial charge in [0, 0.05) is 19.8 Å². The molecule has 19 heavy (non-hydrogen) atoms. The summed E-state index contributed by atoms with van der Waals surface area (Å²) in [6.07, 6.45) is 2.41. The van der Waals surface area contributed by atoms with Crippen LogP contribution in [-0.2, 0) is 24.1 Å². The van der Waals surface area contributed by atoms with Crippen molar-refractivity contribution < 1.29 is 22.7 Å². The molecule has 0 saturated carbocycles. The summed E-state index contributed by atoms with van der Waals surface area (Å²) in [4.78, 5) is 11.9. The number of sulfone groups is 1. The molecule has 0 aliphatic carbocycles. The SMILES string of the molecule is CC(C(=O)NCC1CCCO1)S(=O)(=O)C1CCOC1. The molecule has 2 heterocycles. The number of hydrogen-bond donors (Lipinski definition) is 1. The number of carbonyl (C=O) groups is 1. The van der Waals surface area contributed by atoms with Gasteiger partial charge in [-0.3, -0.25) is 4.79 Å². The van der Waals surface area contributed by atoms with E-state index in [2.05, 4.69) is 5.32 Å². The van der Waals surface area contributed by atoms with Gasteiger partial charge in [0.1, 0.15) is 5.25 Å². The molecule has 0 aromatic carbocycles. The Morgan fingerprint density at radius 1 is 1.37 bits per heavy atom. The Labute approximate surface area is 113 Å². The van der Waals surface area contributed by atoms with Crippen LogP contribution in [0.25, 0.3) is 0 Å². The molecule has 7 heteroatoms. The molecule has 3 atom stereocenters. The Hall–Kier alpha value is -0.660. The molecule has 2 fully saturated rings. The van der Waals surface area contributed by atoms with Gasteiger partial charge in [-0.2, -0.15) is 0 Å². The lowest BCUT2D eigenvalue weighted by Crippen LogP contribution is -2.44. The number of carbonyl (C=O) groups excluding carboxylic acids is 1. The first-order valence-corrected chi connectivity index (χ1v) is 8.32. The Bertz CT molecular complexity index is 410. The molecule has 110 valence electrons. The smallest absolute Gasteiger partial charge is 0.238 e. The van der Waals surface area contributed by atoms with Crippen LogP contribution in [0.2, 0.25) is 0 Å². The van der Waals surface area contributed by atoms with Gasteiger partial charge < -0.3 is 14.8 Å². The van der Waals surface area contributed by atoms with Crippen LogP contribution in [0.15, 0.2) is 0 Å². The highest BCUT2D eigenvalue weighted by molar-refractivity contribution is 7.93. The summed E-state index contributed by atoms with van der Waals surface area (Å²) in [6, 6.07) is 0. The standard InChI is InChI=1S/C12H21NO5S/c1-9(19(15,16)11-4-6-17-8-11)12(14)13-7-10-3-2-5-18-10/h9-11H,2-8H2,1H3,(H,13,14). The lowest BCUT2D eigenvalue weighted by molar-refractivity contribution is -0.120. The van der Waals surface area contributed by atoms with Crippen LogP contribution in [0.5, 0.6) is 0 Å². The molecule has 2 saturated heterocycles. The van der Waals surface area contributed by atoms with Crippen molar-refractivity contribution in [3.63, 3.8) is 0 Å². The second-order valence-electron chi connectivity index (χ2n) is 5.10. The zero-order valence-corrected chi connectivity index (χ0v) is 11.9. The first kappa shape index (κ1) is 14.7. The van der Waals surface area contributed by atoms with E-state index >= 15 is 0 Å². The molecular formula is C12H21NO5S. The third kappa shape index (κ3) is 3.46. The number of amides is 1. The predicted octanol–water partition coefficient (Wildman–Crippen LogP) is -0.126. The molecule has 0 radical (unpaired) electrons. The fraction of sp³-hybridized carbons (Fsp3) is 0.917. The monoisotopic (exact) mass is 291 g/mol. The van der Waals surface area contributed by atoms with E-state index in [0.717, 1.165) is 12.8 Å². The van der Waals surface area contributed by atoms with E-state index < -0.39 is 26.2 Å². The van der Waals surface area contributed by atoms with Crippen LogP contribution in [0, 0.1) is 0 Å². The van der Waals surface area contributed by atoms with Crippen molar-refractivity contribution in [2.24, 2.45) is 0 Å². The fourth-order valence-corrected chi connectivity index (χ4v) is 4.04. The molecule has 6 nitrogen and oxygen atoms in total. The highest BCUT2D eigenvalue weighted by Gasteiger charge is 2.37. The first-order chi connectivity index (χ1) is 9.01. The van der Waals surface area contributed by atoms with Crippen molar-refractivity contribution in [3.05, 3.63) is 0 Å². The summed E-state index contributed by atoms with van der Waals surface area (Å²) in [7, 11) is -3.46. The fourth-order valence-electron chi connectivity index (χ4n) is 2.37. The number of nitrogens with one attached hydrogen (secondary N) is 1. The highest BCUT2D eigenvalue weighted by Crippen LogP contribution is 2.19. The lowest BCUT2D eigenvalue weighted by atomic mass is 10.2. The number of rotatable bonds is 5. The molecule has 2 aliphatic rings. The van der Waals surface area contributed by atoms with Gasteiger partial charge in [-0.15, -0.1) is 0 Å². The van der Waals surface area contributed by atoms with Crippen LogP contribution < -0.4 is 5.32 Å². The molecule has 0 bridgehead atoms. The molecule has 1 N–H and O–H groups in total. The molecule has 2 rings (SSSR count). The van der Waals surface area contributed by atoms with Crippen molar-refractivity contribution >= 4 is 15.7 Å². The average molecular weight is 291 g/mol. The van der Waals surface area contributed by atoms with Crippen molar-refractivity contribution in [2.75, 3.05) is 26.4 Å². The maximum Gasteiger partial charge on any atom is 0.238 e. The first-order valence-electron chi connectivity index (χ1n) is 6.71. The van der Waals surface area contributed by atoms with Crippen molar-refractivity contribution in [3.8, 4) is 0 Å². The lowest BCUT2D eigenvalue weighted by Gasteiger charge is -2.18. The van der Waals surface area contributed by atoms with Gasteiger partial charge in [0.2, 0.25) is 5.91 Å². The maximum absolute atomic E-state index is 12.2. The van der Waals surface area contributed by atoms with E-state index in [1.807, 2.05) is 0 Å². The molecule has 0 spiro atoms. The zero-order valence-electron chi connectivity index (χ0n) is 11.1. The third-order valence-corrected chi connectivity index (χ3v) is 6.24. The van der Waals surface area contributed by atoms with Gasteiger partial charge in [0.05, 0.1) is 18.0 Å². The van der Waals surface area contributed by atoms with E-state index in [4.69, 9.17) is 9.47 Å². The molecule has 0 aromatic heterocycles. The van der Waals surface area contributed by atoms with Gasteiger partial charge in [-0.05, 0) is 26.2 Å². The summed E-state index contributed by atoms with van der Waals surface area (Å²) < 4.78 is 34.9. The summed E-state index contributed by atoms with van der Waals surface area (Å²) in [5.74, 6) is -0.442. The Morgan fingerprint density at radius 3 is 2.74 bits per heavy atom. The molecule has 0 aromatic rings. The molecule has 1 amide bonds. The number of hydrogen-bond acceptors (Lipinski definition) is 5. The minimum atomic E-state index is -3.46. The van der Waals surface area contributed by atoms with E-state index in [0.29, 0.717) is 26.2 Å². The van der Waals surface area contributed by atoms with Gasteiger partial charge in [0.25, 0.3) is 0 Å². The third-order valence-electron chi connectivity index (χ3n) is 3.74. The second kappa shape index (κ2) is 6.19. The van der Waals surface area contributed by atoms with Gasteiger partial charge in [0.15, 0.2) is 9.84 Å². The summed E-state index contributed by atoms with van der Waals surface area (Å²) in [5.41, 5.74) is 0. The van der Waals surface area contributed by atoms with Crippen LogP contribution in [0.4, 0.5) is 0 Å². The normalized spacial score (nSPS) is 29.3. The van der Waals surface area contributed by atoms with E-state index in [1.54, 1.807) is 0 Å². The summed E-state index contributed by atoms with van der Waals surface area (Å²) >= 11 is 0. The van der Waals surface area contributed by atoms with Gasteiger partial charge >= 0.3 is 0 Å². The minimum Gasteiger partial charge on any atom is -0.380 e. The van der Waals surface area contributed by atoms with Gasteiger partial charge in [-0.1, -0.05) is 0 Å². The number of ether oxygens (including phenoxy) is 2. The quantitative estimate of drug-likeness (QED) is 0.763. The Morgan fingerprint density at radius 2 is 2.16 bits per heavy atom. The van der Waals surface area contributed by atoms with Crippen LogP contribution >= 0.6 is 0 Å². The average Bonchev–Trinajstić information content (AvgIpc) is 3.07. The molecule has 3 unspecified atom stereocenters. The maximum atomic E-state index is 12.2. The zero-order chi connectivity index (χ0) is 13.9. The van der Waals surface area contributed by atoms with Gasteiger partial charge in [-0.25, -0.2) is 8.42 Å². The Kier molecular flexibility index (Phi) is 4.81. The van der Waals surface area contributed by atoms with E-state index in [-0.39, 0.29) is 12.7 Å². The van der Waals surface area contributed by atoms with Crippen LogP contribution in [0.3, 0.4) is 0 Å². The Balaban J connectivity index is 1.86. The van der Waals surface area contributed by atoms with Crippen molar-refractivity contribution in [1.29, 1.82) is 0 Å². The molecule has 2 aliphatic heterocycles. The summed E-state index contributed by atoms with van der Waals surface area (Å²) in [5, 5.41) is 1.10. The van der Waals surface area contributed by atoms with Crippen molar-refractivity contribution in [1.82, 2.24) is 5.32 Å².